The summed E-state index contributed by atoms with van der Waals surface area (Å²) in [5.41, 5.74) is 0.748. The van der Waals surface area contributed by atoms with Gasteiger partial charge in [-0.05, 0) is 29.8 Å². The van der Waals surface area contributed by atoms with Crippen molar-refractivity contribution < 1.29 is 32.3 Å². The standard InChI is InChI=1S/C21H18BrF3N5O4P/c1-30-9-13-15(22)6-7-16(17(13)19(30)31)28-18-14(21(23,24)25)8-26-20(29-18)27-12-4-2-11(3-5-12)10-35(32,33)34/h2-8H,9-10H2,1H3,(H2,32,33,34)(H2,26,27,28,29). The van der Waals surface area contributed by atoms with Gasteiger partial charge in [-0.3, -0.25) is 9.36 Å². The molecule has 4 rings (SSSR count). The first-order chi connectivity index (χ1) is 16.3. The van der Waals surface area contributed by atoms with Crippen molar-refractivity contribution in [2.24, 2.45) is 0 Å². The molecule has 0 aliphatic carbocycles. The van der Waals surface area contributed by atoms with Crippen LogP contribution in [0.1, 0.15) is 27.0 Å². The molecule has 2 heterocycles. The highest BCUT2D eigenvalue weighted by molar-refractivity contribution is 9.10. The van der Waals surface area contributed by atoms with Crippen molar-refractivity contribution in [3.63, 3.8) is 0 Å². The van der Waals surface area contributed by atoms with Crippen molar-refractivity contribution in [2.75, 3.05) is 17.7 Å². The number of benzene rings is 2. The number of carbonyl (C=O) groups is 1. The van der Waals surface area contributed by atoms with Crippen molar-refractivity contribution in [1.82, 2.24) is 14.9 Å². The van der Waals surface area contributed by atoms with Gasteiger partial charge in [-0.2, -0.15) is 18.2 Å². The third-order valence-corrected chi connectivity index (χ3v) is 6.68. The van der Waals surface area contributed by atoms with E-state index in [0.717, 1.165) is 0 Å². The van der Waals surface area contributed by atoms with E-state index in [1.165, 1.54) is 35.2 Å². The van der Waals surface area contributed by atoms with Crippen molar-refractivity contribution in [3.05, 3.63) is 69.3 Å². The molecule has 4 N–H and O–H groups in total. The van der Waals surface area contributed by atoms with Crippen LogP contribution in [0.2, 0.25) is 0 Å². The largest absolute Gasteiger partial charge is 0.421 e. The summed E-state index contributed by atoms with van der Waals surface area (Å²) in [7, 11) is -2.64. The zero-order valence-electron chi connectivity index (χ0n) is 18.0. The van der Waals surface area contributed by atoms with Crippen molar-refractivity contribution in [1.29, 1.82) is 0 Å². The van der Waals surface area contributed by atoms with Crippen LogP contribution in [0.5, 0.6) is 0 Å². The van der Waals surface area contributed by atoms with Crippen LogP contribution in [0.25, 0.3) is 0 Å². The predicted octanol–water partition coefficient (Wildman–Crippen LogP) is 5.01. The highest BCUT2D eigenvalue weighted by Gasteiger charge is 2.36. The smallest absolute Gasteiger partial charge is 0.339 e. The Bertz CT molecular complexity index is 1350. The fourth-order valence-electron chi connectivity index (χ4n) is 3.56. The van der Waals surface area contributed by atoms with E-state index >= 15 is 0 Å². The topological polar surface area (TPSA) is 128 Å². The molecule has 0 saturated heterocycles. The molecule has 0 atom stereocenters. The van der Waals surface area contributed by atoms with Crippen LogP contribution < -0.4 is 10.6 Å². The van der Waals surface area contributed by atoms with Crippen LogP contribution in [-0.4, -0.2) is 37.6 Å². The second kappa shape index (κ2) is 9.23. The van der Waals surface area contributed by atoms with Crippen molar-refractivity contribution in [2.45, 2.75) is 18.9 Å². The van der Waals surface area contributed by atoms with E-state index in [-0.39, 0.29) is 23.1 Å². The summed E-state index contributed by atoms with van der Waals surface area (Å²) < 4.78 is 52.8. The Morgan fingerprint density at radius 2 is 1.83 bits per heavy atom. The molecule has 1 aliphatic rings. The maximum absolute atomic E-state index is 13.7. The summed E-state index contributed by atoms with van der Waals surface area (Å²) in [6.07, 6.45) is -4.57. The summed E-state index contributed by atoms with van der Waals surface area (Å²) >= 11 is 3.37. The molecule has 0 unspecified atom stereocenters. The van der Waals surface area contributed by atoms with E-state index in [1.54, 1.807) is 13.1 Å². The predicted molar refractivity (Wildman–Crippen MR) is 126 cm³/mol. The molecule has 0 saturated carbocycles. The molecule has 184 valence electrons. The lowest BCUT2D eigenvalue weighted by Gasteiger charge is -2.16. The van der Waals surface area contributed by atoms with E-state index in [0.29, 0.717) is 34.0 Å². The molecule has 0 bridgehead atoms. The second-order valence-corrected chi connectivity index (χ2v) is 10.3. The van der Waals surface area contributed by atoms with E-state index < -0.39 is 31.3 Å². The Balaban J connectivity index is 1.66. The zero-order valence-corrected chi connectivity index (χ0v) is 20.4. The van der Waals surface area contributed by atoms with Gasteiger partial charge in [0.25, 0.3) is 5.91 Å². The lowest BCUT2D eigenvalue weighted by molar-refractivity contribution is -0.137. The number of halogens is 4. The van der Waals surface area contributed by atoms with Crippen LogP contribution >= 0.6 is 23.5 Å². The van der Waals surface area contributed by atoms with Gasteiger partial charge in [-0.25, -0.2) is 4.98 Å². The SMILES string of the molecule is CN1Cc2c(Br)ccc(Nc3nc(Nc4ccc(CP(=O)(O)O)cc4)ncc3C(F)(F)F)c2C1=O. The Morgan fingerprint density at radius 1 is 1.14 bits per heavy atom. The molecular formula is C21H18BrF3N5O4P. The van der Waals surface area contributed by atoms with Crippen molar-refractivity contribution >= 4 is 52.6 Å². The van der Waals surface area contributed by atoms with Gasteiger partial charge in [0.15, 0.2) is 0 Å². The number of nitrogens with zero attached hydrogens (tertiary/aromatic N) is 3. The minimum atomic E-state index is -4.76. The maximum Gasteiger partial charge on any atom is 0.421 e. The quantitative estimate of drug-likeness (QED) is 0.304. The number of carbonyl (C=O) groups excluding carboxylic acids is 1. The molecule has 3 aromatic rings. The van der Waals surface area contributed by atoms with Crippen LogP contribution in [0.4, 0.5) is 36.3 Å². The van der Waals surface area contributed by atoms with Crippen LogP contribution in [0.15, 0.2) is 47.1 Å². The average molecular weight is 572 g/mol. The summed E-state index contributed by atoms with van der Waals surface area (Å²) in [5.74, 6) is -1.03. The molecule has 1 aliphatic heterocycles. The fraction of sp³-hybridized carbons (Fsp3) is 0.190. The van der Waals surface area contributed by atoms with Gasteiger partial charge in [0.2, 0.25) is 5.95 Å². The van der Waals surface area contributed by atoms with Crippen LogP contribution in [0.3, 0.4) is 0 Å². The van der Waals surface area contributed by atoms with E-state index in [4.69, 9.17) is 9.79 Å². The summed E-state index contributed by atoms with van der Waals surface area (Å²) in [6, 6.07) is 9.07. The highest BCUT2D eigenvalue weighted by atomic mass is 79.9. The average Bonchev–Trinajstić information content (AvgIpc) is 3.05. The number of nitrogens with one attached hydrogen (secondary N) is 2. The number of fused-ring (bicyclic) bond motifs is 1. The Labute approximate surface area is 205 Å². The molecule has 35 heavy (non-hydrogen) atoms. The van der Waals surface area contributed by atoms with E-state index in [1.807, 2.05) is 0 Å². The van der Waals surface area contributed by atoms with Gasteiger partial charge in [0.05, 0.1) is 17.4 Å². The first kappa shape index (κ1) is 25.1. The number of aromatic nitrogens is 2. The lowest BCUT2D eigenvalue weighted by Crippen LogP contribution is -2.18. The third-order valence-electron chi connectivity index (χ3n) is 5.16. The number of anilines is 4. The van der Waals surface area contributed by atoms with Crippen LogP contribution in [-0.2, 0) is 23.4 Å². The van der Waals surface area contributed by atoms with Gasteiger partial charge in [-0.1, -0.05) is 28.1 Å². The monoisotopic (exact) mass is 571 g/mol. The number of hydrogen-bond acceptors (Lipinski definition) is 6. The maximum atomic E-state index is 13.7. The molecular weight excluding hydrogens is 554 g/mol. The molecule has 1 amide bonds. The minimum absolute atomic E-state index is 0.152. The Kier molecular flexibility index (Phi) is 6.62. The van der Waals surface area contributed by atoms with Gasteiger partial charge in [0, 0.05) is 35.5 Å². The normalized spacial score (nSPS) is 13.7. The van der Waals surface area contributed by atoms with Crippen molar-refractivity contribution in [3.8, 4) is 0 Å². The number of rotatable bonds is 6. The first-order valence-electron chi connectivity index (χ1n) is 10.0. The van der Waals surface area contributed by atoms with E-state index in [2.05, 4.69) is 36.5 Å². The zero-order chi connectivity index (χ0) is 25.5. The van der Waals surface area contributed by atoms with Gasteiger partial charge >= 0.3 is 13.8 Å². The van der Waals surface area contributed by atoms with Gasteiger partial charge < -0.3 is 25.3 Å². The lowest BCUT2D eigenvalue weighted by atomic mass is 10.1. The Hall–Kier alpha value is -2.99. The first-order valence-corrected chi connectivity index (χ1v) is 12.6. The minimum Gasteiger partial charge on any atom is -0.339 e. The fourth-order valence-corrected chi connectivity index (χ4v) is 4.70. The summed E-state index contributed by atoms with van der Waals surface area (Å²) in [4.78, 5) is 40.0. The van der Waals surface area contributed by atoms with Gasteiger partial charge in [-0.15, -0.1) is 0 Å². The van der Waals surface area contributed by atoms with Crippen LogP contribution in [0, 0.1) is 0 Å². The molecule has 0 radical (unpaired) electrons. The molecule has 0 fully saturated rings. The molecule has 9 nitrogen and oxygen atoms in total. The molecule has 14 heteroatoms. The summed E-state index contributed by atoms with van der Waals surface area (Å²) in [5, 5.41) is 5.42. The second-order valence-electron chi connectivity index (χ2n) is 7.83. The molecule has 0 spiro atoms. The molecule has 2 aromatic carbocycles. The van der Waals surface area contributed by atoms with E-state index in [9.17, 15) is 22.5 Å². The third kappa shape index (κ3) is 5.64. The summed E-state index contributed by atoms with van der Waals surface area (Å²) in [6.45, 7) is 0.311. The number of hydrogen-bond donors (Lipinski definition) is 4. The highest BCUT2D eigenvalue weighted by Crippen LogP contribution is 2.40. The number of alkyl halides is 3. The number of amides is 1. The Morgan fingerprint density at radius 3 is 2.46 bits per heavy atom. The van der Waals surface area contributed by atoms with Gasteiger partial charge in [0.1, 0.15) is 11.4 Å². The molecule has 1 aromatic heterocycles.